The van der Waals surface area contributed by atoms with Gasteiger partial charge in [0, 0.05) is 12.5 Å². The number of carbonyl (C=O) groups excluding carboxylic acids is 1. The lowest BCUT2D eigenvalue weighted by molar-refractivity contribution is -0.695. The topological polar surface area (TPSA) is 87.4 Å². The maximum absolute atomic E-state index is 12.1. The predicted octanol–water partition coefficient (Wildman–Crippen LogP) is 6.56. The Morgan fingerprint density at radius 2 is 1.44 bits per heavy atom. The van der Waals surface area contributed by atoms with E-state index >= 15 is 0 Å². The van der Waals surface area contributed by atoms with Gasteiger partial charge in [-0.2, -0.15) is 17.7 Å². The number of carbonyl (C=O) groups is 1. The van der Waals surface area contributed by atoms with E-state index in [4.69, 9.17) is 29.3 Å². The molecule has 1 heterocycles. The van der Waals surface area contributed by atoms with Crippen LogP contribution in [0.2, 0.25) is 5.15 Å². The second-order valence-corrected chi connectivity index (χ2v) is 9.71. The molecule has 0 bridgehead atoms. The molecule has 0 radical (unpaired) electrons. The summed E-state index contributed by atoms with van der Waals surface area (Å²) < 4.78 is 66.1. The van der Waals surface area contributed by atoms with Gasteiger partial charge in [-0.15, -0.1) is 0 Å². The van der Waals surface area contributed by atoms with Crippen LogP contribution < -0.4 is 4.57 Å². The van der Waals surface area contributed by atoms with Gasteiger partial charge in [0.15, 0.2) is 16.3 Å². The van der Waals surface area contributed by atoms with Crippen LogP contribution in [0, 0.1) is 0 Å². The van der Waals surface area contributed by atoms with Crippen LogP contribution in [0.5, 0.6) is 0 Å². The molecule has 0 aliphatic rings. The first-order valence-electron chi connectivity index (χ1n) is 11.8. The van der Waals surface area contributed by atoms with Gasteiger partial charge in [-0.1, -0.05) is 71.6 Å². The van der Waals surface area contributed by atoms with Gasteiger partial charge in [-0.3, -0.25) is 0 Å². The third kappa shape index (κ3) is 14.8. The highest BCUT2D eigenvalue weighted by molar-refractivity contribution is 7.86. The molecule has 11 heteroatoms. The van der Waals surface area contributed by atoms with Crippen molar-refractivity contribution < 1.29 is 40.2 Å². The molecule has 1 aromatic rings. The molecule has 0 amide bonds. The minimum absolute atomic E-state index is 0.319. The Morgan fingerprint density at radius 1 is 0.971 bits per heavy atom. The lowest BCUT2D eigenvalue weighted by Gasteiger charge is -2.08. The smallest absolute Gasteiger partial charge is 0.485 e. The number of ether oxygens (including phenoxy) is 1. The largest absolute Gasteiger partial charge is 0.741 e. The first-order chi connectivity index (χ1) is 16.0. The Hall–Kier alpha value is -1.39. The van der Waals surface area contributed by atoms with Crippen LogP contribution in [-0.2, 0) is 21.4 Å². The molecule has 0 aliphatic heterocycles. The number of esters is 1. The summed E-state index contributed by atoms with van der Waals surface area (Å²) in [5.41, 5.74) is -5.18. The van der Waals surface area contributed by atoms with E-state index < -0.39 is 15.6 Å². The summed E-state index contributed by atoms with van der Waals surface area (Å²) >= 11 is 6.40. The molecule has 0 aromatic carbocycles. The SMILES string of the molecule is CCCCCCCCCCCC[n+]1cccc(C(=O)OCCCC)c1Cl.O=S(=O)([O-])C(F)(F)F. The van der Waals surface area contributed by atoms with E-state index in [1.54, 1.807) is 6.07 Å². The zero-order valence-electron chi connectivity index (χ0n) is 20.0. The van der Waals surface area contributed by atoms with E-state index in [9.17, 15) is 18.0 Å². The molecule has 0 unspecified atom stereocenters. The molecule has 0 N–H and O–H groups in total. The summed E-state index contributed by atoms with van der Waals surface area (Å²) in [6.45, 7) is 5.64. The maximum atomic E-state index is 12.1. The monoisotopic (exact) mass is 531 g/mol. The Bertz CT molecular complexity index is 804. The molecule has 198 valence electrons. The number of hydrogen-bond donors (Lipinski definition) is 0. The summed E-state index contributed by atoms with van der Waals surface area (Å²) in [6, 6.07) is 3.62. The van der Waals surface area contributed by atoms with Crippen molar-refractivity contribution in [3.8, 4) is 0 Å². The molecule has 34 heavy (non-hydrogen) atoms. The Balaban J connectivity index is 0.00000116. The number of alkyl halides is 3. The van der Waals surface area contributed by atoms with E-state index in [0.717, 1.165) is 25.8 Å². The van der Waals surface area contributed by atoms with Crippen molar-refractivity contribution in [1.82, 2.24) is 0 Å². The van der Waals surface area contributed by atoms with Crippen molar-refractivity contribution in [2.45, 2.75) is 103 Å². The highest BCUT2D eigenvalue weighted by atomic mass is 35.5. The Kier molecular flexibility index (Phi) is 17.2. The summed E-state index contributed by atoms with van der Waals surface area (Å²) in [7, 11) is -6.09. The number of pyridine rings is 1. The van der Waals surface area contributed by atoms with Crippen LogP contribution in [0.1, 0.15) is 101 Å². The van der Waals surface area contributed by atoms with Crippen LogP contribution in [0.3, 0.4) is 0 Å². The fourth-order valence-electron chi connectivity index (χ4n) is 3.01. The molecular weight excluding hydrogens is 495 g/mol. The Morgan fingerprint density at radius 3 is 1.91 bits per heavy atom. The van der Waals surface area contributed by atoms with Crippen molar-refractivity contribution in [3.05, 3.63) is 29.0 Å². The first-order valence-corrected chi connectivity index (χ1v) is 13.6. The second kappa shape index (κ2) is 18.0. The van der Waals surface area contributed by atoms with E-state index in [2.05, 4.69) is 13.8 Å². The fraction of sp³-hybridized carbons (Fsp3) is 0.739. The summed E-state index contributed by atoms with van der Waals surface area (Å²) in [6.07, 6.45) is 17.0. The summed E-state index contributed by atoms with van der Waals surface area (Å²) in [4.78, 5) is 12.1. The summed E-state index contributed by atoms with van der Waals surface area (Å²) in [5.74, 6) is -0.319. The number of aromatic nitrogens is 1. The molecule has 1 aromatic heterocycles. The van der Waals surface area contributed by atoms with Gasteiger partial charge in [0.2, 0.25) is 0 Å². The average molecular weight is 532 g/mol. The number of unbranched alkanes of at least 4 members (excludes halogenated alkanes) is 10. The van der Waals surface area contributed by atoms with Gasteiger partial charge in [-0.05, 0) is 30.5 Å². The first kappa shape index (κ1) is 32.6. The third-order valence-corrected chi connectivity index (χ3v) is 5.98. The van der Waals surface area contributed by atoms with Crippen molar-refractivity contribution in [2.75, 3.05) is 6.61 Å². The Labute approximate surface area is 206 Å². The lowest BCUT2D eigenvalue weighted by atomic mass is 10.1. The van der Waals surface area contributed by atoms with Crippen LogP contribution in [0.25, 0.3) is 0 Å². The quantitative estimate of drug-likeness (QED) is 0.0639. The molecule has 0 aliphatic carbocycles. The van der Waals surface area contributed by atoms with Crippen LogP contribution in [0.4, 0.5) is 13.2 Å². The molecular formula is C23H37ClF3NO5S. The molecule has 0 fully saturated rings. The van der Waals surface area contributed by atoms with Crippen LogP contribution in [-0.4, -0.2) is 31.1 Å². The van der Waals surface area contributed by atoms with Crippen molar-refractivity contribution in [2.24, 2.45) is 0 Å². The number of rotatable bonds is 15. The van der Waals surface area contributed by atoms with Crippen LogP contribution in [0.15, 0.2) is 18.3 Å². The average Bonchev–Trinajstić information content (AvgIpc) is 2.75. The number of halogens is 4. The van der Waals surface area contributed by atoms with E-state index in [1.807, 2.05) is 16.8 Å². The zero-order chi connectivity index (χ0) is 26.0. The minimum Gasteiger partial charge on any atom is -0.741 e. The molecule has 0 saturated heterocycles. The molecule has 0 atom stereocenters. The highest BCUT2D eigenvalue weighted by Gasteiger charge is 2.36. The molecule has 1 rings (SSSR count). The lowest BCUT2D eigenvalue weighted by Crippen LogP contribution is -2.36. The normalized spacial score (nSPS) is 11.6. The number of nitrogens with zero attached hydrogens (tertiary/aromatic N) is 1. The fourth-order valence-corrected chi connectivity index (χ4v) is 3.29. The zero-order valence-corrected chi connectivity index (χ0v) is 21.6. The van der Waals surface area contributed by atoms with Gasteiger partial charge < -0.3 is 9.29 Å². The molecule has 0 saturated carbocycles. The van der Waals surface area contributed by atoms with Crippen LogP contribution >= 0.6 is 11.6 Å². The van der Waals surface area contributed by atoms with Gasteiger partial charge in [0.25, 0.3) is 5.15 Å². The van der Waals surface area contributed by atoms with Crippen molar-refractivity contribution in [3.63, 3.8) is 0 Å². The van der Waals surface area contributed by atoms with Gasteiger partial charge >= 0.3 is 11.5 Å². The van der Waals surface area contributed by atoms with Gasteiger partial charge in [-0.25, -0.2) is 13.2 Å². The summed E-state index contributed by atoms with van der Waals surface area (Å²) in [5, 5.41) is 0.491. The van der Waals surface area contributed by atoms with Gasteiger partial charge in [0.1, 0.15) is 12.1 Å². The van der Waals surface area contributed by atoms with E-state index in [0.29, 0.717) is 17.3 Å². The third-order valence-electron chi connectivity index (χ3n) is 4.99. The van der Waals surface area contributed by atoms with Gasteiger partial charge in [0.05, 0.1) is 6.61 Å². The standard InChI is InChI=1S/C22H37ClNO2.CHF3O3S/c1-3-5-7-8-9-10-11-12-13-14-17-24-18-15-16-20(21(24)23)22(25)26-19-6-4-2;2-1(3,4)8(5,6)7/h15-16,18H,3-14,17,19H2,1-2H3;(H,5,6,7)/q+1;/p-1. The minimum atomic E-state index is -6.09. The maximum Gasteiger partial charge on any atom is 0.485 e. The number of hydrogen-bond acceptors (Lipinski definition) is 5. The highest BCUT2D eigenvalue weighted by Crippen LogP contribution is 2.20. The molecule has 0 spiro atoms. The number of aryl methyl sites for hydroxylation is 1. The second-order valence-electron chi connectivity index (χ2n) is 7.98. The van der Waals surface area contributed by atoms with E-state index in [-0.39, 0.29) is 5.97 Å². The van der Waals surface area contributed by atoms with Crippen molar-refractivity contribution in [1.29, 1.82) is 0 Å². The van der Waals surface area contributed by atoms with Crippen molar-refractivity contribution >= 4 is 27.7 Å². The molecule has 6 nitrogen and oxygen atoms in total. The van der Waals surface area contributed by atoms with E-state index in [1.165, 1.54) is 57.8 Å². The predicted molar refractivity (Wildman–Crippen MR) is 124 cm³/mol.